The van der Waals surface area contributed by atoms with E-state index < -0.39 is 0 Å². The van der Waals surface area contributed by atoms with Crippen molar-refractivity contribution >= 4 is 0 Å². The summed E-state index contributed by atoms with van der Waals surface area (Å²) in [6.07, 6.45) is 3.39. The van der Waals surface area contributed by atoms with Gasteiger partial charge in [-0.2, -0.15) is 0 Å². The summed E-state index contributed by atoms with van der Waals surface area (Å²) in [7, 11) is 2.19. The SMILES string of the molecule is CN1CC(CN)CC1c1ccccc1C1(CO)CC1. The maximum atomic E-state index is 9.71. The number of likely N-dealkylation sites (tertiary alicyclic amines) is 1. The molecule has 3 N–H and O–H groups in total. The average Bonchev–Trinajstić information content (AvgIpc) is 3.16. The second-order valence-electron chi connectivity index (χ2n) is 6.32. The van der Waals surface area contributed by atoms with Gasteiger partial charge in [-0.05, 0) is 49.9 Å². The first-order chi connectivity index (χ1) is 9.20. The first kappa shape index (κ1) is 13.1. The molecule has 19 heavy (non-hydrogen) atoms. The summed E-state index contributed by atoms with van der Waals surface area (Å²) in [6, 6.07) is 9.14. The number of aliphatic hydroxyl groups excluding tert-OH is 1. The van der Waals surface area contributed by atoms with E-state index in [0.717, 1.165) is 32.4 Å². The summed E-state index contributed by atoms with van der Waals surface area (Å²) in [4.78, 5) is 2.42. The van der Waals surface area contributed by atoms with Crippen molar-refractivity contribution in [3.63, 3.8) is 0 Å². The molecule has 1 saturated heterocycles. The lowest BCUT2D eigenvalue weighted by molar-refractivity contribution is 0.251. The molecule has 1 aromatic rings. The van der Waals surface area contributed by atoms with Gasteiger partial charge < -0.3 is 10.8 Å². The smallest absolute Gasteiger partial charge is 0.0528 e. The monoisotopic (exact) mass is 260 g/mol. The molecule has 1 saturated carbocycles. The van der Waals surface area contributed by atoms with Crippen molar-refractivity contribution in [1.29, 1.82) is 0 Å². The molecule has 2 fully saturated rings. The fourth-order valence-corrected chi connectivity index (χ4v) is 3.57. The van der Waals surface area contributed by atoms with E-state index in [1.54, 1.807) is 0 Å². The molecule has 1 heterocycles. The van der Waals surface area contributed by atoms with Gasteiger partial charge in [-0.1, -0.05) is 24.3 Å². The zero-order chi connectivity index (χ0) is 13.5. The third kappa shape index (κ3) is 2.20. The highest BCUT2D eigenvalue weighted by atomic mass is 16.3. The lowest BCUT2D eigenvalue weighted by Gasteiger charge is -2.25. The van der Waals surface area contributed by atoms with Gasteiger partial charge in [-0.15, -0.1) is 0 Å². The van der Waals surface area contributed by atoms with Crippen LogP contribution in [0.5, 0.6) is 0 Å². The van der Waals surface area contributed by atoms with Gasteiger partial charge in [0.25, 0.3) is 0 Å². The van der Waals surface area contributed by atoms with Crippen molar-refractivity contribution in [2.75, 3.05) is 26.7 Å². The molecule has 0 radical (unpaired) electrons. The van der Waals surface area contributed by atoms with Gasteiger partial charge in [-0.3, -0.25) is 4.90 Å². The highest BCUT2D eigenvalue weighted by Crippen LogP contribution is 2.51. The Morgan fingerprint density at radius 3 is 2.68 bits per heavy atom. The first-order valence-corrected chi connectivity index (χ1v) is 7.31. The van der Waals surface area contributed by atoms with Crippen LogP contribution < -0.4 is 5.73 Å². The molecule has 3 rings (SSSR count). The molecule has 3 nitrogen and oxygen atoms in total. The number of hydrogen-bond donors (Lipinski definition) is 2. The lowest BCUT2D eigenvalue weighted by Crippen LogP contribution is -2.23. The average molecular weight is 260 g/mol. The van der Waals surface area contributed by atoms with Gasteiger partial charge >= 0.3 is 0 Å². The van der Waals surface area contributed by atoms with E-state index in [9.17, 15) is 5.11 Å². The van der Waals surface area contributed by atoms with Gasteiger partial charge in [0.05, 0.1) is 6.61 Å². The number of aliphatic hydroxyl groups is 1. The number of rotatable bonds is 4. The minimum Gasteiger partial charge on any atom is -0.395 e. The van der Waals surface area contributed by atoms with Gasteiger partial charge in [0, 0.05) is 18.0 Å². The van der Waals surface area contributed by atoms with Crippen LogP contribution in [0.25, 0.3) is 0 Å². The predicted octanol–water partition coefficient (Wildman–Crippen LogP) is 1.66. The van der Waals surface area contributed by atoms with Gasteiger partial charge in [0.2, 0.25) is 0 Å². The number of hydrogen-bond acceptors (Lipinski definition) is 3. The van der Waals surface area contributed by atoms with Crippen molar-refractivity contribution < 1.29 is 5.11 Å². The second kappa shape index (κ2) is 4.89. The number of benzene rings is 1. The minimum atomic E-state index is 0.0538. The van der Waals surface area contributed by atoms with Gasteiger partial charge in [-0.25, -0.2) is 0 Å². The van der Waals surface area contributed by atoms with Crippen LogP contribution in [0.15, 0.2) is 24.3 Å². The Morgan fingerprint density at radius 2 is 2.11 bits per heavy atom. The molecule has 3 heteroatoms. The quantitative estimate of drug-likeness (QED) is 0.865. The van der Waals surface area contributed by atoms with Gasteiger partial charge in [0.1, 0.15) is 0 Å². The Labute approximate surface area is 115 Å². The summed E-state index contributed by atoms with van der Waals surface area (Å²) in [5.74, 6) is 0.604. The van der Waals surface area contributed by atoms with Crippen molar-refractivity contribution in [1.82, 2.24) is 4.90 Å². The standard InChI is InChI=1S/C16H24N2O/c1-18-10-12(9-17)8-15(18)13-4-2-3-5-14(13)16(11-19)6-7-16/h2-5,12,15,19H,6-11,17H2,1H3. The third-order valence-corrected chi connectivity index (χ3v) is 5.02. The van der Waals surface area contributed by atoms with Crippen LogP contribution in [-0.4, -0.2) is 36.8 Å². The zero-order valence-corrected chi connectivity index (χ0v) is 11.7. The van der Waals surface area contributed by atoms with E-state index in [-0.39, 0.29) is 12.0 Å². The summed E-state index contributed by atoms with van der Waals surface area (Å²) < 4.78 is 0. The van der Waals surface area contributed by atoms with Crippen molar-refractivity contribution in [3.05, 3.63) is 35.4 Å². The molecular formula is C16H24N2O. The third-order valence-electron chi connectivity index (χ3n) is 5.02. The Bertz CT molecular complexity index is 456. The number of nitrogens with two attached hydrogens (primary N) is 1. The molecule has 0 aromatic heterocycles. The molecule has 0 spiro atoms. The molecule has 1 aliphatic heterocycles. The van der Waals surface area contributed by atoms with Gasteiger partial charge in [0.15, 0.2) is 0 Å². The molecule has 104 valence electrons. The molecule has 1 aromatic carbocycles. The van der Waals surface area contributed by atoms with E-state index >= 15 is 0 Å². The van der Waals surface area contributed by atoms with E-state index in [4.69, 9.17) is 5.73 Å². The normalized spacial score (nSPS) is 29.6. The summed E-state index contributed by atoms with van der Waals surface area (Å²) in [5.41, 5.74) is 8.66. The Hall–Kier alpha value is -0.900. The second-order valence-corrected chi connectivity index (χ2v) is 6.32. The molecular weight excluding hydrogens is 236 g/mol. The van der Waals surface area contributed by atoms with Crippen LogP contribution in [0.2, 0.25) is 0 Å². The lowest BCUT2D eigenvalue weighted by atomic mass is 9.87. The Morgan fingerprint density at radius 1 is 1.37 bits per heavy atom. The highest BCUT2D eigenvalue weighted by molar-refractivity contribution is 5.41. The fourth-order valence-electron chi connectivity index (χ4n) is 3.57. The molecule has 0 amide bonds. The zero-order valence-electron chi connectivity index (χ0n) is 11.7. The highest BCUT2D eigenvalue weighted by Gasteiger charge is 2.46. The van der Waals surface area contributed by atoms with Crippen molar-refractivity contribution in [3.8, 4) is 0 Å². The predicted molar refractivity (Wildman–Crippen MR) is 77.0 cm³/mol. The van der Waals surface area contributed by atoms with Crippen molar-refractivity contribution in [2.24, 2.45) is 11.7 Å². The fraction of sp³-hybridized carbons (Fsp3) is 0.625. The number of nitrogens with zero attached hydrogens (tertiary/aromatic N) is 1. The Balaban J connectivity index is 1.93. The maximum Gasteiger partial charge on any atom is 0.0528 e. The molecule has 2 aliphatic rings. The summed E-state index contributed by atoms with van der Waals surface area (Å²) in [5, 5.41) is 9.71. The van der Waals surface area contributed by atoms with Crippen LogP contribution in [-0.2, 0) is 5.41 Å². The van der Waals surface area contributed by atoms with E-state index in [1.807, 2.05) is 0 Å². The first-order valence-electron chi connectivity index (χ1n) is 7.31. The van der Waals surface area contributed by atoms with Crippen LogP contribution in [0.4, 0.5) is 0 Å². The summed E-state index contributed by atoms with van der Waals surface area (Å²) in [6.45, 7) is 2.14. The molecule has 2 unspecified atom stereocenters. The summed E-state index contributed by atoms with van der Waals surface area (Å²) >= 11 is 0. The van der Waals surface area contributed by atoms with E-state index in [2.05, 4.69) is 36.2 Å². The molecule has 0 bridgehead atoms. The van der Waals surface area contributed by atoms with E-state index in [0.29, 0.717) is 12.0 Å². The van der Waals surface area contributed by atoms with Crippen LogP contribution in [0.3, 0.4) is 0 Å². The Kier molecular flexibility index (Phi) is 3.37. The topological polar surface area (TPSA) is 49.5 Å². The minimum absolute atomic E-state index is 0.0538. The largest absolute Gasteiger partial charge is 0.395 e. The van der Waals surface area contributed by atoms with Crippen molar-refractivity contribution in [2.45, 2.75) is 30.7 Å². The van der Waals surface area contributed by atoms with E-state index in [1.165, 1.54) is 11.1 Å². The van der Waals surface area contributed by atoms with Crippen LogP contribution in [0.1, 0.15) is 36.4 Å². The van der Waals surface area contributed by atoms with Crippen LogP contribution >= 0.6 is 0 Å². The van der Waals surface area contributed by atoms with Crippen LogP contribution in [0, 0.1) is 5.92 Å². The maximum absolute atomic E-state index is 9.71. The molecule has 2 atom stereocenters. The molecule has 1 aliphatic carbocycles.